The Morgan fingerprint density at radius 2 is 2.00 bits per heavy atom. The number of halogens is 1. The molecule has 0 aliphatic rings. The number of hydrogen-bond acceptors (Lipinski definition) is 3. The molecule has 0 bridgehead atoms. The molecule has 5 heteroatoms. The molecule has 3 aromatic rings. The molecule has 2 N–H and O–H groups in total. The number of benzene rings is 1. The van der Waals surface area contributed by atoms with E-state index >= 15 is 0 Å². The summed E-state index contributed by atoms with van der Waals surface area (Å²) in [5, 5.41) is 0.660. The summed E-state index contributed by atoms with van der Waals surface area (Å²) >= 11 is 6.01. The molecule has 0 radical (unpaired) electrons. The van der Waals surface area contributed by atoms with E-state index in [0.717, 1.165) is 28.3 Å². The first-order chi connectivity index (χ1) is 9.72. The Morgan fingerprint density at radius 1 is 1.25 bits per heavy atom. The van der Waals surface area contributed by atoms with Crippen LogP contribution < -0.4 is 10.5 Å². The minimum absolute atomic E-state index is 0.407. The van der Waals surface area contributed by atoms with Crippen molar-refractivity contribution in [2.75, 3.05) is 7.11 Å². The average Bonchev–Trinajstić information content (AvgIpc) is 2.84. The summed E-state index contributed by atoms with van der Waals surface area (Å²) in [6.45, 7) is 0.407. The van der Waals surface area contributed by atoms with Crippen LogP contribution in [-0.2, 0) is 6.54 Å². The molecule has 2 heterocycles. The molecule has 1 aromatic carbocycles. The molecule has 0 aliphatic carbocycles. The van der Waals surface area contributed by atoms with E-state index in [1.54, 1.807) is 7.11 Å². The third-order valence-corrected chi connectivity index (χ3v) is 3.48. The van der Waals surface area contributed by atoms with E-state index in [9.17, 15) is 0 Å². The summed E-state index contributed by atoms with van der Waals surface area (Å²) < 4.78 is 7.13. The summed E-state index contributed by atoms with van der Waals surface area (Å²) in [5.41, 5.74) is 9.51. The normalized spacial score (nSPS) is 10.9. The maximum absolute atomic E-state index is 6.01. The second kappa shape index (κ2) is 5.15. The molecule has 0 amide bonds. The van der Waals surface area contributed by atoms with Gasteiger partial charge < -0.3 is 14.9 Å². The van der Waals surface area contributed by atoms with E-state index in [4.69, 9.17) is 22.1 Å². The Kier molecular flexibility index (Phi) is 3.34. The lowest BCUT2D eigenvalue weighted by molar-refractivity contribution is 0.415. The van der Waals surface area contributed by atoms with Gasteiger partial charge in [-0.2, -0.15) is 0 Å². The highest BCUT2D eigenvalue weighted by Crippen LogP contribution is 2.27. The maximum Gasteiger partial charge on any atom is 0.139 e. The third-order valence-electron chi connectivity index (χ3n) is 3.24. The summed E-state index contributed by atoms with van der Waals surface area (Å²) in [7, 11) is 1.65. The summed E-state index contributed by atoms with van der Waals surface area (Å²) in [4.78, 5) is 4.63. The van der Waals surface area contributed by atoms with Crippen LogP contribution in [0.2, 0.25) is 5.02 Å². The number of hydrogen-bond donors (Lipinski definition) is 1. The van der Waals surface area contributed by atoms with E-state index in [-0.39, 0.29) is 0 Å². The van der Waals surface area contributed by atoms with Crippen LogP contribution in [0.4, 0.5) is 0 Å². The van der Waals surface area contributed by atoms with Crippen molar-refractivity contribution < 1.29 is 4.74 Å². The highest BCUT2D eigenvalue weighted by atomic mass is 35.5. The molecule has 0 fully saturated rings. The van der Waals surface area contributed by atoms with Gasteiger partial charge in [0.2, 0.25) is 0 Å². The number of nitrogens with two attached hydrogens (primary N) is 1. The second-order valence-corrected chi connectivity index (χ2v) is 4.85. The van der Waals surface area contributed by atoms with Gasteiger partial charge in [-0.3, -0.25) is 0 Å². The number of pyridine rings is 1. The minimum atomic E-state index is 0.407. The smallest absolute Gasteiger partial charge is 0.139 e. The van der Waals surface area contributed by atoms with E-state index in [1.165, 1.54) is 0 Å². The monoisotopic (exact) mass is 287 g/mol. The Hall–Kier alpha value is -2.04. The van der Waals surface area contributed by atoms with Crippen molar-refractivity contribution in [1.29, 1.82) is 0 Å². The van der Waals surface area contributed by atoms with E-state index < -0.39 is 0 Å². The largest absolute Gasteiger partial charge is 0.497 e. The average molecular weight is 288 g/mol. The molecule has 0 aliphatic heterocycles. The highest BCUT2D eigenvalue weighted by Gasteiger charge is 2.13. The van der Waals surface area contributed by atoms with Crippen LogP contribution >= 0.6 is 11.6 Å². The standard InChI is InChI=1S/C15H14ClN3O/c1-20-12-4-2-10(3-5-12)15-13(9-17)19-7-6-11(16)8-14(19)18-15/h2-8H,9,17H2,1H3. The van der Waals surface area contributed by atoms with Gasteiger partial charge in [0.25, 0.3) is 0 Å². The Bertz CT molecular complexity index is 750. The zero-order valence-corrected chi connectivity index (χ0v) is 11.8. The van der Waals surface area contributed by atoms with Crippen LogP contribution in [-0.4, -0.2) is 16.5 Å². The summed E-state index contributed by atoms with van der Waals surface area (Å²) in [6, 6.07) is 11.4. The number of rotatable bonds is 3. The number of methoxy groups -OCH3 is 1. The van der Waals surface area contributed by atoms with Gasteiger partial charge in [-0.05, 0) is 30.3 Å². The van der Waals surface area contributed by atoms with Crippen LogP contribution in [0.25, 0.3) is 16.9 Å². The van der Waals surface area contributed by atoms with Crippen molar-refractivity contribution >= 4 is 17.2 Å². The number of imidazole rings is 1. The first-order valence-corrected chi connectivity index (χ1v) is 6.61. The van der Waals surface area contributed by atoms with E-state index in [1.807, 2.05) is 47.0 Å². The van der Waals surface area contributed by atoms with Gasteiger partial charge in [0, 0.05) is 29.4 Å². The van der Waals surface area contributed by atoms with Crippen molar-refractivity contribution in [2.45, 2.75) is 6.54 Å². The predicted molar refractivity (Wildman–Crippen MR) is 80.1 cm³/mol. The van der Waals surface area contributed by atoms with E-state index in [0.29, 0.717) is 11.6 Å². The molecule has 3 rings (SSSR count). The topological polar surface area (TPSA) is 52.5 Å². The van der Waals surface area contributed by atoms with Crippen molar-refractivity contribution in [3.8, 4) is 17.0 Å². The second-order valence-electron chi connectivity index (χ2n) is 4.41. The van der Waals surface area contributed by atoms with Gasteiger partial charge in [-0.25, -0.2) is 4.98 Å². The van der Waals surface area contributed by atoms with Gasteiger partial charge in [0.1, 0.15) is 11.4 Å². The predicted octanol–water partition coefficient (Wildman–Crippen LogP) is 3.12. The van der Waals surface area contributed by atoms with Gasteiger partial charge in [0.15, 0.2) is 0 Å². The fourth-order valence-electron chi connectivity index (χ4n) is 2.25. The first kappa shape index (κ1) is 13.0. The molecule has 102 valence electrons. The zero-order chi connectivity index (χ0) is 14.1. The lowest BCUT2D eigenvalue weighted by atomic mass is 10.1. The van der Waals surface area contributed by atoms with Crippen molar-refractivity contribution in [2.24, 2.45) is 5.73 Å². The molecule has 0 unspecified atom stereocenters. The lowest BCUT2D eigenvalue weighted by Gasteiger charge is -2.04. The van der Waals surface area contributed by atoms with Gasteiger partial charge in [-0.15, -0.1) is 0 Å². The Morgan fingerprint density at radius 3 is 2.65 bits per heavy atom. The SMILES string of the molecule is COc1ccc(-c2nc3cc(Cl)ccn3c2CN)cc1. The van der Waals surface area contributed by atoms with Crippen LogP contribution in [0.5, 0.6) is 5.75 Å². The minimum Gasteiger partial charge on any atom is -0.497 e. The van der Waals surface area contributed by atoms with Crippen LogP contribution in [0.1, 0.15) is 5.69 Å². The molecule has 0 saturated heterocycles. The molecule has 0 spiro atoms. The molecule has 0 atom stereocenters. The highest BCUT2D eigenvalue weighted by molar-refractivity contribution is 6.30. The number of nitrogens with zero attached hydrogens (tertiary/aromatic N) is 2. The van der Waals surface area contributed by atoms with E-state index in [2.05, 4.69) is 4.98 Å². The fourth-order valence-corrected chi connectivity index (χ4v) is 2.40. The van der Waals surface area contributed by atoms with Gasteiger partial charge in [0.05, 0.1) is 18.5 Å². The molecular formula is C15H14ClN3O. The van der Waals surface area contributed by atoms with Gasteiger partial charge >= 0.3 is 0 Å². The van der Waals surface area contributed by atoms with Crippen LogP contribution in [0.3, 0.4) is 0 Å². The number of ether oxygens (including phenoxy) is 1. The Balaban J connectivity index is 2.18. The summed E-state index contributed by atoms with van der Waals surface area (Å²) in [6.07, 6.45) is 1.89. The van der Waals surface area contributed by atoms with Crippen LogP contribution in [0.15, 0.2) is 42.6 Å². The van der Waals surface area contributed by atoms with Gasteiger partial charge in [-0.1, -0.05) is 11.6 Å². The van der Waals surface area contributed by atoms with Crippen LogP contribution in [0, 0.1) is 0 Å². The number of aromatic nitrogens is 2. The third kappa shape index (κ3) is 2.13. The molecular weight excluding hydrogens is 274 g/mol. The molecule has 20 heavy (non-hydrogen) atoms. The van der Waals surface area contributed by atoms with Crippen molar-refractivity contribution in [3.05, 3.63) is 53.3 Å². The zero-order valence-electron chi connectivity index (χ0n) is 11.0. The molecule has 0 saturated carbocycles. The molecule has 4 nitrogen and oxygen atoms in total. The first-order valence-electron chi connectivity index (χ1n) is 6.24. The maximum atomic E-state index is 6.01. The number of fused-ring (bicyclic) bond motifs is 1. The lowest BCUT2D eigenvalue weighted by Crippen LogP contribution is -2.02. The van der Waals surface area contributed by atoms with Crippen molar-refractivity contribution in [3.63, 3.8) is 0 Å². The Labute approximate surface area is 121 Å². The van der Waals surface area contributed by atoms with Crippen molar-refractivity contribution in [1.82, 2.24) is 9.38 Å². The molecule has 2 aromatic heterocycles. The quantitative estimate of drug-likeness (QED) is 0.805. The summed E-state index contributed by atoms with van der Waals surface area (Å²) in [5.74, 6) is 0.815. The fraction of sp³-hybridized carbons (Fsp3) is 0.133.